The van der Waals surface area contributed by atoms with Crippen molar-refractivity contribution in [3.05, 3.63) is 75.6 Å². The minimum atomic E-state index is -0.671. The molecule has 0 saturated carbocycles. The second-order valence-electron chi connectivity index (χ2n) is 8.16. The molecule has 4 rings (SSSR count). The van der Waals surface area contributed by atoms with E-state index in [9.17, 15) is 13.6 Å². The zero-order valence-corrected chi connectivity index (χ0v) is 16.5. The Hall–Kier alpha value is -2.96. The van der Waals surface area contributed by atoms with Crippen LogP contribution in [0, 0.1) is 17.6 Å². The molecule has 0 fully saturated rings. The third-order valence-electron chi connectivity index (χ3n) is 5.97. The smallest absolute Gasteiger partial charge is 0.266 e. The molecule has 150 valence electrons. The maximum Gasteiger partial charge on any atom is 0.266 e. The van der Waals surface area contributed by atoms with E-state index in [1.54, 1.807) is 12.3 Å². The molecule has 29 heavy (non-hydrogen) atoms. The molecule has 1 aliphatic carbocycles. The summed E-state index contributed by atoms with van der Waals surface area (Å²) in [5.74, 6) is -0.856. The molecular weight excluding hydrogens is 374 g/mol. The van der Waals surface area contributed by atoms with E-state index in [4.69, 9.17) is 0 Å². The molecule has 7 heteroatoms. The first-order chi connectivity index (χ1) is 13.8. The molecule has 0 amide bonds. The number of hydrogen-bond donors (Lipinski definition) is 1. The summed E-state index contributed by atoms with van der Waals surface area (Å²) in [6.07, 6.45) is 4.46. The number of aromatic nitrogens is 4. The fourth-order valence-electron chi connectivity index (χ4n) is 4.31. The van der Waals surface area contributed by atoms with Crippen molar-refractivity contribution in [1.29, 1.82) is 0 Å². The minimum absolute atomic E-state index is 0.172. The van der Waals surface area contributed by atoms with Gasteiger partial charge in [-0.1, -0.05) is 19.9 Å². The minimum Gasteiger partial charge on any atom is -0.322 e. The number of hydrogen-bond acceptors (Lipinski definition) is 4. The molecule has 1 aliphatic rings. The Bertz CT molecular complexity index is 1110. The standard InChI is InChI=1S/C22H22F2N4O/c1-12(2)13-7-8-22(3,18-10-25-11-19(29)26-18)21-14(13)9-17(27-28-21)20-15(23)5-4-6-16(20)24/h4-6,9-13H,7-8H2,1-3H3,(H,26,29)/t13-,22-/m1/s1. The van der Waals surface area contributed by atoms with Crippen LogP contribution in [0.25, 0.3) is 11.3 Å². The normalized spacial score (nSPS) is 21.2. The molecule has 0 radical (unpaired) electrons. The Balaban J connectivity index is 1.93. The predicted molar refractivity (Wildman–Crippen MR) is 106 cm³/mol. The van der Waals surface area contributed by atoms with E-state index >= 15 is 0 Å². The molecule has 1 N–H and O–H groups in total. The van der Waals surface area contributed by atoms with Crippen LogP contribution in [0.4, 0.5) is 8.78 Å². The van der Waals surface area contributed by atoms with Gasteiger partial charge in [-0.25, -0.2) is 8.78 Å². The third-order valence-corrected chi connectivity index (χ3v) is 5.97. The SMILES string of the molecule is CC(C)[C@H]1CC[C@](C)(c2cncc(=O)[nH]2)c2nnc(-c3c(F)cccc3F)cc21. The van der Waals surface area contributed by atoms with Crippen LogP contribution in [-0.4, -0.2) is 20.2 Å². The van der Waals surface area contributed by atoms with Crippen molar-refractivity contribution in [2.75, 3.05) is 0 Å². The maximum absolute atomic E-state index is 14.3. The van der Waals surface area contributed by atoms with Crippen molar-refractivity contribution in [2.24, 2.45) is 5.92 Å². The Morgan fingerprint density at radius 1 is 1.17 bits per heavy atom. The van der Waals surface area contributed by atoms with Crippen LogP contribution in [0.15, 0.2) is 41.5 Å². The second-order valence-corrected chi connectivity index (χ2v) is 8.16. The van der Waals surface area contributed by atoms with Gasteiger partial charge in [0.15, 0.2) is 0 Å². The average Bonchev–Trinajstić information content (AvgIpc) is 2.68. The van der Waals surface area contributed by atoms with Gasteiger partial charge in [0, 0.05) is 11.9 Å². The molecule has 3 aromatic rings. The summed E-state index contributed by atoms with van der Waals surface area (Å²) < 4.78 is 28.7. The summed E-state index contributed by atoms with van der Waals surface area (Å²) in [5.41, 5.74) is 1.41. The lowest BCUT2D eigenvalue weighted by Crippen LogP contribution is -2.35. The molecule has 0 bridgehead atoms. The summed E-state index contributed by atoms with van der Waals surface area (Å²) in [5, 5.41) is 8.62. The van der Waals surface area contributed by atoms with E-state index in [-0.39, 0.29) is 22.7 Å². The van der Waals surface area contributed by atoms with Crippen LogP contribution in [0.5, 0.6) is 0 Å². The van der Waals surface area contributed by atoms with Gasteiger partial charge < -0.3 is 4.98 Å². The van der Waals surface area contributed by atoms with Crippen LogP contribution in [0.3, 0.4) is 0 Å². The zero-order valence-electron chi connectivity index (χ0n) is 16.5. The molecule has 0 aliphatic heterocycles. The number of fused-ring (bicyclic) bond motifs is 1. The van der Waals surface area contributed by atoms with Crippen molar-refractivity contribution in [3.63, 3.8) is 0 Å². The average molecular weight is 396 g/mol. The van der Waals surface area contributed by atoms with Crippen LogP contribution < -0.4 is 5.56 Å². The Morgan fingerprint density at radius 2 is 1.90 bits per heavy atom. The summed E-state index contributed by atoms with van der Waals surface area (Å²) in [7, 11) is 0. The van der Waals surface area contributed by atoms with Gasteiger partial charge in [0.25, 0.3) is 5.56 Å². The first kappa shape index (κ1) is 19.4. The molecule has 0 saturated heterocycles. The molecule has 2 aromatic heterocycles. The molecule has 1 aromatic carbocycles. The number of aromatic amines is 1. The monoisotopic (exact) mass is 396 g/mol. The van der Waals surface area contributed by atoms with Crippen LogP contribution in [-0.2, 0) is 5.41 Å². The van der Waals surface area contributed by atoms with E-state index in [0.29, 0.717) is 17.3 Å². The number of H-pyrrole nitrogens is 1. The van der Waals surface area contributed by atoms with Crippen LogP contribution in [0.1, 0.15) is 56.5 Å². The van der Waals surface area contributed by atoms with Gasteiger partial charge in [-0.3, -0.25) is 9.78 Å². The summed E-state index contributed by atoms with van der Waals surface area (Å²) in [6.45, 7) is 6.23. The van der Waals surface area contributed by atoms with E-state index < -0.39 is 17.0 Å². The highest BCUT2D eigenvalue weighted by molar-refractivity contribution is 5.62. The zero-order chi connectivity index (χ0) is 20.8. The van der Waals surface area contributed by atoms with Crippen molar-refractivity contribution < 1.29 is 8.78 Å². The first-order valence-electron chi connectivity index (χ1n) is 9.68. The molecule has 2 heterocycles. The second kappa shape index (κ2) is 7.13. The fraction of sp³-hybridized carbons (Fsp3) is 0.364. The third kappa shape index (κ3) is 3.24. The molecule has 0 unspecified atom stereocenters. The van der Waals surface area contributed by atoms with Crippen LogP contribution in [0.2, 0.25) is 0 Å². The number of nitrogens with zero attached hydrogens (tertiary/aromatic N) is 3. The van der Waals surface area contributed by atoms with Gasteiger partial charge in [-0.2, -0.15) is 5.10 Å². The van der Waals surface area contributed by atoms with E-state index in [2.05, 4.69) is 34.0 Å². The van der Waals surface area contributed by atoms with Gasteiger partial charge in [-0.05, 0) is 55.4 Å². The Kier molecular flexibility index (Phi) is 4.76. The highest BCUT2D eigenvalue weighted by atomic mass is 19.1. The Labute approximate surface area is 167 Å². The number of halogens is 2. The quantitative estimate of drug-likeness (QED) is 0.715. The lowest BCUT2D eigenvalue weighted by Gasteiger charge is -2.39. The van der Waals surface area contributed by atoms with E-state index in [0.717, 1.165) is 18.4 Å². The first-order valence-corrected chi connectivity index (χ1v) is 9.68. The number of benzene rings is 1. The van der Waals surface area contributed by atoms with E-state index in [1.807, 2.05) is 6.92 Å². The van der Waals surface area contributed by atoms with Crippen molar-refractivity contribution in [1.82, 2.24) is 20.2 Å². The van der Waals surface area contributed by atoms with Crippen LogP contribution >= 0.6 is 0 Å². The predicted octanol–water partition coefficient (Wildman–Crippen LogP) is 4.34. The molecule has 5 nitrogen and oxygen atoms in total. The summed E-state index contributed by atoms with van der Waals surface area (Å²) in [4.78, 5) is 18.7. The topological polar surface area (TPSA) is 71.5 Å². The van der Waals surface area contributed by atoms with E-state index in [1.165, 1.54) is 24.4 Å². The van der Waals surface area contributed by atoms with Crippen molar-refractivity contribution >= 4 is 0 Å². The lowest BCUT2D eigenvalue weighted by molar-refractivity contribution is 0.346. The molecular formula is C22H22F2N4O. The lowest BCUT2D eigenvalue weighted by atomic mass is 9.66. The van der Waals surface area contributed by atoms with Gasteiger partial charge in [0.05, 0.1) is 28.6 Å². The van der Waals surface area contributed by atoms with Crippen molar-refractivity contribution in [3.8, 4) is 11.3 Å². The number of nitrogens with one attached hydrogen (secondary N) is 1. The molecule has 0 spiro atoms. The van der Waals surface area contributed by atoms with Crippen molar-refractivity contribution in [2.45, 2.75) is 44.9 Å². The molecule has 2 atom stereocenters. The summed E-state index contributed by atoms with van der Waals surface area (Å²) >= 11 is 0. The highest BCUT2D eigenvalue weighted by Gasteiger charge is 2.41. The largest absolute Gasteiger partial charge is 0.322 e. The Morgan fingerprint density at radius 3 is 2.55 bits per heavy atom. The van der Waals surface area contributed by atoms with Gasteiger partial charge >= 0.3 is 0 Å². The fourth-order valence-corrected chi connectivity index (χ4v) is 4.31. The van der Waals surface area contributed by atoms with Gasteiger partial charge in [0.2, 0.25) is 0 Å². The summed E-state index contributed by atoms with van der Waals surface area (Å²) in [6, 6.07) is 5.50. The maximum atomic E-state index is 14.3. The highest BCUT2D eigenvalue weighted by Crippen LogP contribution is 2.47. The van der Waals surface area contributed by atoms with Gasteiger partial charge in [-0.15, -0.1) is 5.10 Å². The van der Waals surface area contributed by atoms with Gasteiger partial charge in [0.1, 0.15) is 11.6 Å². The number of rotatable bonds is 3.